The van der Waals surface area contributed by atoms with Gasteiger partial charge in [-0.05, 0) is 6.42 Å². The lowest BCUT2D eigenvalue weighted by Crippen LogP contribution is -2.24. The second-order valence-electron chi connectivity index (χ2n) is 4.11. The summed E-state index contributed by atoms with van der Waals surface area (Å²) in [5.41, 5.74) is 3.74. The van der Waals surface area contributed by atoms with Crippen molar-refractivity contribution in [1.82, 2.24) is 25.2 Å². The van der Waals surface area contributed by atoms with Gasteiger partial charge in [-0.15, -0.1) is 5.10 Å². The maximum Gasteiger partial charge on any atom is 0.230 e. The standard InChI is InChI=1S/C10H13N5O/c1-14-6-7(5-11-14)9(16)10-12-8-3-2-4-15(8)13-10/h6,11H,2-5H2,1H3. The molecule has 0 amide bonds. The SMILES string of the molecule is CN1C=C(C(=O)c2nc3n(n2)CCC3)CN1. The number of carbonyl (C=O) groups excluding carboxylic acids is 1. The number of Topliss-reactive ketones (excluding diaryl/α,β-unsaturated/α-hetero) is 1. The normalized spacial score (nSPS) is 18.8. The molecule has 3 heterocycles. The molecule has 0 saturated heterocycles. The molecule has 2 aliphatic heterocycles. The molecule has 0 fully saturated rings. The van der Waals surface area contributed by atoms with Crippen LogP contribution in [0.15, 0.2) is 11.8 Å². The maximum atomic E-state index is 12.0. The van der Waals surface area contributed by atoms with Gasteiger partial charge in [0.15, 0.2) is 0 Å². The van der Waals surface area contributed by atoms with Gasteiger partial charge < -0.3 is 5.01 Å². The van der Waals surface area contributed by atoms with E-state index in [4.69, 9.17) is 0 Å². The molecule has 16 heavy (non-hydrogen) atoms. The molecule has 1 aromatic rings. The van der Waals surface area contributed by atoms with E-state index in [-0.39, 0.29) is 5.78 Å². The molecule has 0 unspecified atom stereocenters. The molecule has 84 valence electrons. The maximum absolute atomic E-state index is 12.0. The smallest absolute Gasteiger partial charge is 0.230 e. The van der Waals surface area contributed by atoms with Crippen molar-refractivity contribution < 1.29 is 4.79 Å². The molecule has 0 aliphatic carbocycles. The Labute approximate surface area is 92.9 Å². The quantitative estimate of drug-likeness (QED) is 0.694. The number of hydrogen-bond donors (Lipinski definition) is 1. The van der Waals surface area contributed by atoms with Crippen molar-refractivity contribution in [2.45, 2.75) is 19.4 Å². The number of ketones is 1. The first-order valence-electron chi connectivity index (χ1n) is 5.39. The van der Waals surface area contributed by atoms with Crippen LogP contribution in [0, 0.1) is 0 Å². The molecule has 0 saturated carbocycles. The highest BCUT2D eigenvalue weighted by Gasteiger charge is 2.24. The van der Waals surface area contributed by atoms with E-state index in [1.165, 1.54) is 0 Å². The number of rotatable bonds is 2. The number of hydrogen-bond acceptors (Lipinski definition) is 5. The summed E-state index contributed by atoms with van der Waals surface area (Å²) in [7, 11) is 1.86. The number of aromatic nitrogens is 3. The Hall–Kier alpha value is -1.69. The van der Waals surface area contributed by atoms with Crippen LogP contribution in [0.5, 0.6) is 0 Å². The van der Waals surface area contributed by atoms with E-state index in [2.05, 4.69) is 15.5 Å². The van der Waals surface area contributed by atoms with Gasteiger partial charge in [0.25, 0.3) is 0 Å². The van der Waals surface area contributed by atoms with E-state index in [9.17, 15) is 4.79 Å². The summed E-state index contributed by atoms with van der Waals surface area (Å²) >= 11 is 0. The second-order valence-corrected chi connectivity index (χ2v) is 4.11. The van der Waals surface area contributed by atoms with Crippen LogP contribution in [-0.4, -0.2) is 39.1 Å². The topological polar surface area (TPSA) is 63.1 Å². The predicted molar refractivity (Wildman–Crippen MR) is 56.5 cm³/mol. The van der Waals surface area contributed by atoms with Gasteiger partial charge in [0, 0.05) is 38.3 Å². The monoisotopic (exact) mass is 219 g/mol. The van der Waals surface area contributed by atoms with Crippen LogP contribution in [0.3, 0.4) is 0 Å². The first kappa shape index (κ1) is 9.53. The Balaban J connectivity index is 1.87. The average Bonchev–Trinajstić information content (AvgIpc) is 2.89. The molecule has 1 N–H and O–H groups in total. The summed E-state index contributed by atoms with van der Waals surface area (Å²) < 4.78 is 1.83. The minimum Gasteiger partial charge on any atom is -0.318 e. The van der Waals surface area contributed by atoms with Crippen LogP contribution < -0.4 is 5.43 Å². The average molecular weight is 219 g/mol. The minimum atomic E-state index is -0.0706. The molecule has 0 spiro atoms. The van der Waals surface area contributed by atoms with Crippen LogP contribution in [-0.2, 0) is 13.0 Å². The van der Waals surface area contributed by atoms with Crippen molar-refractivity contribution in [2.75, 3.05) is 13.6 Å². The summed E-state index contributed by atoms with van der Waals surface area (Å²) in [5.74, 6) is 1.19. The Kier molecular flexibility index (Phi) is 2.03. The fourth-order valence-electron chi connectivity index (χ4n) is 2.04. The predicted octanol–water partition coefficient (Wildman–Crippen LogP) is -0.259. The number of nitrogens with one attached hydrogen (secondary N) is 1. The van der Waals surface area contributed by atoms with Gasteiger partial charge in [0.05, 0.1) is 0 Å². The molecular formula is C10H13N5O. The molecule has 0 bridgehead atoms. The van der Waals surface area contributed by atoms with E-state index in [1.807, 2.05) is 11.7 Å². The van der Waals surface area contributed by atoms with E-state index in [0.29, 0.717) is 17.9 Å². The number of carbonyl (C=O) groups is 1. The van der Waals surface area contributed by atoms with Gasteiger partial charge in [-0.2, -0.15) is 0 Å². The molecule has 6 nitrogen and oxygen atoms in total. The largest absolute Gasteiger partial charge is 0.318 e. The lowest BCUT2D eigenvalue weighted by Gasteiger charge is -2.04. The summed E-state index contributed by atoms with van der Waals surface area (Å²) in [6, 6.07) is 0. The highest BCUT2D eigenvalue weighted by molar-refractivity contribution is 6.06. The van der Waals surface area contributed by atoms with E-state index in [1.54, 1.807) is 11.2 Å². The fraction of sp³-hybridized carbons (Fsp3) is 0.500. The van der Waals surface area contributed by atoms with Crippen LogP contribution in [0.4, 0.5) is 0 Å². The Morgan fingerprint density at radius 3 is 3.12 bits per heavy atom. The zero-order chi connectivity index (χ0) is 11.1. The third-order valence-electron chi connectivity index (χ3n) is 2.88. The summed E-state index contributed by atoms with van der Waals surface area (Å²) in [5, 5.41) is 6.00. The van der Waals surface area contributed by atoms with Gasteiger partial charge in [-0.1, -0.05) is 0 Å². The second kappa shape index (κ2) is 3.41. The summed E-state index contributed by atoms with van der Waals surface area (Å²) in [6.07, 6.45) is 3.79. The van der Waals surface area contributed by atoms with Crippen molar-refractivity contribution in [3.63, 3.8) is 0 Å². The van der Waals surface area contributed by atoms with Gasteiger partial charge in [0.2, 0.25) is 11.6 Å². The van der Waals surface area contributed by atoms with Crippen LogP contribution in [0.25, 0.3) is 0 Å². The number of fused-ring (bicyclic) bond motifs is 1. The zero-order valence-corrected chi connectivity index (χ0v) is 9.10. The summed E-state index contributed by atoms with van der Waals surface area (Å²) in [4.78, 5) is 16.3. The zero-order valence-electron chi connectivity index (χ0n) is 9.10. The van der Waals surface area contributed by atoms with E-state index < -0.39 is 0 Å². The molecule has 0 atom stereocenters. The highest BCUT2D eigenvalue weighted by Crippen LogP contribution is 2.14. The van der Waals surface area contributed by atoms with Crippen molar-refractivity contribution >= 4 is 5.78 Å². The van der Waals surface area contributed by atoms with E-state index in [0.717, 1.165) is 25.2 Å². The third kappa shape index (κ3) is 1.42. The third-order valence-corrected chi connectivity index (χ3v) is 2.88. The molecular weight excluding hydrogens is 206 g/mol. The minimum absolute atomic E-state index is 0.0706. The van der Waals surface area contributed by atoms with E-state index >= 15 is 0 Å². The van der Waals surface area contributed by atoms with Crippen LogP contribution in [0.2, 0.25) is 0 Å². The van der Waals surface area contributed by atoms with Crippen molar-refractivity contribution in [1.29, 1.82) is 0 Å². The first-order chi connectivity index (χ1) is 7.74. The van der Waals surface area contributed by atoms with Crippen LogP contribution >= 0.6 is 0 Å². The van der Waals surface area contributed by atoms with Gasteiger partial charge in [-0.25, -0.2) is 15.1 Å². The van der Waals surface area contributed by atoms with Crippen molar-refractivity contribution in [3.8, 4) is 0 Å². The number of nitrogens with zero attached hydrogens (tertiary/aromatic N) is 4. The summed E-state index contributed by atoms with van der Waals surface area (Å²) in [6.45, 7) is 1.44. The molecule has 1 aromatic heterocycles. The Morgan fingerprint density at radius 2 is 2.44 bits per heavy atom. The lowest BCUT2D eigenvalue weighted by atomic mass is 10.2. The fourth-order valence-corrected chi connectivity index (χ4v) is 2.04. The number of aryl methyl sites for hydroxylation is 2. The van der Waals surface area contributed by atoms with Crippen LogP contribution in [0.1, 0.15) is 22.9 Å². The first-order valence-corrected chi connectivity index (χ1v) is 5.39. The van der Waals surface area contributed by atoms with Crippen molar-refractivity contribution in [3.05, 3.63) is 23.4 Å². The van der Waals surface area contributed by atoms with Gasteiger partial charge >= 0.3 is 0 Å². The Morgan fingerprint density at radius 1 is 1.56 bits per heavy atom. The molecule has 2 aliphatic rings. The van der Waals surface area contributed by atoms with Gasteiger partial charge in [-0.3, -0.25) is 4.79 Å². The van der Waals surface area contributed by atoms with Crippen molar-refractivity contribution in [2.24, 2.45) is 0 Å². The van der Waals surface area contributed by atoms with Gasteiger partial charge in [0.1, 0.15) is 5.82 Å². The lowest BCUT2D eigenvalue weighted by molar-refractivity contribution is 0.102. The molecule has 6 heteroatoms. The molecule has 3 rings (SSSR count). The number of hydrazine groups is 1. The molecule has 0 aromatic carbocycles. The molecule has 0 radical (unpaired) electrons. The Bertz CT molecular complexity index is 454. The highest BCUT2D eigenvalue weighted by atomic mass is 16.1.